The first kappa shape index (κ1) is 9.98. The maximum Gasteiger partial charge on any atom is 0.120 e. The van der Waals surface area contributed by atoms with Gasteiger partial charge in [-0.15, -0.1) is 0 Å². The summed E-state index contributed by atoms with van der Waals surface area (Å²) < 4.78 is 7.25. The van der Waals surface area contributed by atoms with Crippen LogP contribution in [0.5, 0.6) is 0 Å². The smallest absolute Gasteiger partial charge is 0.120 e. The average Bonchev–Trinajstić information content (AvgIpc) is 2.85. The lowest BCUT2D eigenvalue weighted by atomic mass is 10.1. The van der Waals surface area contributed by atoms with Crippen LogP contribution in [-0.2, 0) is 13.5 Å². The van der Waals surface area contributed by atoms with Crippen molar-refractivity contribution in [2.75, 3.05) is 0 Å². The Hall–Kier alpha value is -1.55. The molecule has 4 nitrogen and oxygen atoms in total. The predicted octanol–water partition coefficient (Wildman–Crippen LogP) is 1.65. The Labute approximate surface area is 88.7 Å². The van der Waals surface area contributed by atoms with Crippen LogP contribution in [0.1, 0.15) is 24.0 Å². The van der Waals surface area contributed by atoms with Gasteiger partial charge in [0.2, 0.25) is 0 Å². The SMILES string of the molecule is Cn1ccnc1CCC(N)c1ccco1. The molecule has 0 radical (unpaired) electrons. The zero-order valence-corrected chi connectivity index (χ0v) is 8.76. The van der Waals surface area contributed by atoms with Crippen molar-refractivity contribution < 1.29 is 4.42 Å². The fraction of sp³-hybridized carbons (Fsp3) is 0.364. The molecule has 15 heavy (non-hydrogen) atoms. The maximum atomic E-state index is 5.98. The molecule has 0 spiro atoms. The third kappa shape index (κ3) is 2.27. The fourth-order valence-corrected chi connectivity index (χ4v) is 1.57. The Morgan fingerprint density at radius 1 is 1.60 bits per heavy atom. The van der Waals surface area contributed by atoms with Crippen molar-refractivity contribution in [1.29, 1.82) is 0 Å². The molecule has 2 rings (SSSR count). The van der Waals surface area contributed by atoms with Gasteiger partial charge in [0.05, 0.1) is 12.3 Å². The van der Waals surface area contributed by atoms with Crippen LogP contribution in [-0.4, -0.2) is 9.55 Å². The Kier molecular flexibility index (Phi) is 2.87. The molecule has 2 heterocycles. The first-order valence-electron chi connectivity index (χ1n) is 5.02. The normalized spacial score (nSPS) is 12.9. The second-order valence-electron chi connectivity index (χ2n) is 3.61. The highest BCUT2D eigenvalue weighted by Crippen LogP contribution is 2.16. The molecule has 0 bridgehead atoms. The van der Waals surface area contributed by atoms with Gasteiger partial charge < -0.3 is 14.7 Å². The van der Waals surface area contributed by atoms with Gasteiger partial charge in [0.15, 0.2) is 0 Å². The number of rotatable bonds is 4. The van der Waals surface area contributed by atoms with Crippen LogP contribution in [0.3, 0.4) is 0 Å². The van der Waals surface area contributed by atoms with Crippen molar-refractivity contribution in [3.63, 3.8) is 0 Å². The van der Waals surface area contributed by atoms with E-state index < -0.39 is 0 Å². The van der Waals surface area contributed by atoms with E-state index in [1.54, 1.807) is 12.5 Å². The summed E-state index contributed by atoms with van der Waals surface area (Å²) in [6.07, 6.45) is 7.10. The van der Waals surface area contributed by atoms with Gasteiger partial charge in [-0.05, 0) is 18.6 Å². The van der Waals surface area contributed by atoms with Crippen LogP contribution in [0.4, 0.5) is 0 Å². The number of furan rings is 1. The number of aryl methyl sites for hydroxylation is 2. The average molecular weight is 205 g/mol. The van der Waals surface area contributed by atoms with Gasteiger partial charge in [0.1, 0.15) is 11.6 Å². The Balaban J connectivity index is 1.91. The minimum absolute atomic E-state index is 0.0447. The van der Waals surface area contributed by atoms with E-state index in [1.165, 1.54) is 0 Å². The van der Waals surface area contributed by atoms with E-state index in [-0.39, 0.29) is 6.04 Å². The van der Waals surface area contributed by atoms with E-state index in [1.807, 2.05) is 29.9 Å². The van der Waals surface area contributed by atoms with Gasteiger partial charge in [-0.3, -0.25) is 0 Å². The van der Waals surface area contributed by atoms with Crippen LogP contribution in [0.15, 0.2) is 35.2 Å². The molecule has 0 saturated heterocycles. The summed E-state index contributed by atoms with van der Waals surface area (Å²) in [6, 6.07) is 3.72. The van der Waals surface area contributed by atoms with E-state index in [2.05, 4.69) is 4.98 Å². The highest BCUT2D eigenvalue weighted by Gasteiger charge is 2.10. The molecule has 1 atom stereocenters. The highest BCUT2D eigenvalue weighted by atomic mass is 16.3. The molecule has 1 unspecified atom stereocenters. The lowest BCUT2D eigenvalue weighted by Crippen LogP contribution is -2.11. The Bertz CT molecular complexity index is 405. The molecule has 2 aromatic heterocycles. The molecule has 2 N–H and O–H groups in total. The summed E-state index contributed by atoms with van der Waals surface area (Å²) in [5.74, 6) is 1.89. The van der Waals surface area contributed by atoms with Crippen molar-refractivity contribution >= 4 is 0 Å². The molecule has 2 aromatic rings. The summed E-state index contributed by atoms with van der Waals surface area (Å²) in [7, 11) is 1.99. The van der Waals surface area contributed by atoms with E-state index in [9.17, 15) is 0 Å². The van der Waals surface area contributed by atoms with Crippen LogP contribution in [0.2, 0.25) is 0 Å². The van der Waals surface area contributed by atoms with E-state index in [0.717, 1.165) is 24.4 Å². The molecule has 0 aromatic carbocycles. The van der Waals surface area contributed by atoms with Gasteiger partial charge in [0.25, 0.3) is 0 Å². The van der Waals surface area contributed by atoms with E-state index in [4.69, 9.17) is 10.2 Å². The number of nitrogens with zero attached hydrogens (tertiary/aromatic N) is 2. The molecule has 4 heteroatoms. The first-order chi connectivity index (χ1) is 7.27. The predicted molar refractivity (Wildman–Crippen MR) is 57.2 cm³/mol. The van der Waals surface area contributed by atoms with Crippen molar-refractivity contribution in [2.24, 2.45) is 12.8 Å². The molecular weight excluding hydrogens is 190 g/mol. The number of hydrogen-bond donors (Lipinski definition) is 1. The minimum atomic E-state index is -0.0447. The lowest BCUT2D eigenvalue weighted by Gasteiger charge is -2.08. The molecule has 0 aliphatic carbocycles. The van der Waals surface area contributed by atoms with Gasteiger partial charge in [-0.25, -0.2) is 4.98 Å². The van der Waals surface area contributed by atoms with Crippen molar-refractivity contribution in [1.82, 2.24) is 9.55 Å². The maximum absolute atomic E-state index is 5.98. The standard InChI is InChI=1S/C11H15N3O/c1-14-7-6-13-11(14)5-4-9(12)10-3-2-8-15-10/h2-3,6-9H,4-5,12H2,1H3. The molecular formula is C11H15N3O. The van der Waals surface area contributed by atoms with Crippen LogP contribution >= 0.6 is 0 Å². The summed E-state index contributed by atoms with van der Waals surface area (Å²) in [5.41, 5.74) is 5.98. The summed E-state index contributed by atoms with van der Waals surface area (Å²) in [5, 5.41) is 0. The number of aromatic nitrogens is 2. The van der Waals surface area contributed by atoms with Gasteiger partial charge in [-0.1, -0.05) is 0 Å². The zero-order chi connectivity index (χ0) is 10.7. The molecule has 0 saturated carbocycles. The van der Waals surface area contributed by atoms with Crippen LogP contribution < -0.4 is 5.73 Å². The molecule has 0 aliphatic heterocycles. The van der Waals surface area contributed by atoms with Gasteiger partial charge in [0, 0.05) is 25.9 Å². The van der Waals surface area contributed by atoms with E-state index in [0.29, 0.717) is 0 Å². The van der Waals surface area contributed by atoms with E-state index >= 15 is 0 Å². The van der Waals surface area contributed by atoms with Crippen molar-refractivity contribution in [3.05, 3.63) is 42.4 Å². The number of hydrogen-bond acceptors (Lipinski definition) is 3. The zero-order valence-electron chi connectivity index (χ0n) is 8.76. The van der Waals surface area contributed by atoms with Crippen LogP contribution in [0, 0.1) is 0 Å². The monoisotopic (exact) mass is 205 g/mol. The summed E-state index contributed by atoms with van der Waals surface area (Å²) >= 11 is 0. The molecule has 0 fully saturated rings. The second kappa shape index (κ2) is 4.31. The minimum Gasteiger partial charge on any atom is -0.468 e. The first-order valence-corrected chi connectivity index (χ1v) is 5.02. The molecule has 0 aliphatic rings. The van der Waals surface area contributed by atoms with Crippen molar-refractivity contribution in [2.45, 2.75) is 18.9 Å². The van der Waals surface area contributed by atoms with Crippen LogP contribution in [0.25, 0.3) is 0 Å². The fourth-order valence-electron chi connectivity index (χ4n) is 1.57. The summed E-state index contributed by atoms with van der Waals surface area (Å²) in [6.45, 7) is 0. The molecule has 80 valence electrons. The lowest BCUT2D eigenvalue weighted by molar-refractivity contribution is 0.449. The number of nitrogens with two attached hydrogens (primary N) is 1. The topological polar surface area (TPSA) is 57.0 Å². The highest BCUT2D eigenvalue weighted by molar-refractivity contribution is 5.04. The second-order valence-corrected chi connectivity index (χ2v) is 3.61. The molecule has 0 amide bonds. The third-order valence-electron chi connectivity index (χ3n) is 2.51. The van der Waals surface area contributed by atoms with Gasteiger partial charge in [-0.2, -0.15) is 0 Å². The Morgan fingerprint density at radius 3 is 3.07 bits per heavy atom. The number of imidazole rings is 1. The third-order valence-corrected chi connectivity index (χ3v) is 2.51. The quantitative estimate of drug-likeness (QED) is 0.825. The largest absolute Gasteiger partial charge is 0.468 e. The van der Waals surface area contributed by atoms with Gasteiger partial charge >= 0.3 is 0 Å². The summed E-state index contributed by atoms with van der Waals surface area (Å²) in [4.78, 5) is 4.25. The van der Waals surface area contributed by atoms with Crippen molar-refractivity contribution in [3.8, 4) is 0 Å². The Morgan fingerprint density at radius 2 is 2.47 bits per heavy atom.